The fourth-order valence-electron chi connectivity index (χ4n) is 1.62. The lowest BCUT2D eigenvalue weighted by Gasteiger charge is -2.10. The van der Waals surface area contributed by atoms with Gasteiger partial charge in [-0.2, -0.15) is 0 Å². The lowest BCUT2D eigenvalue weighted by Crippen LogP contribution is -2.34. The molecule has 0 amide bonds. The van der Waals surface area contributed by atoms with Crippen LogP contribution in [0.25, 0.3) is 0 Å². The average Bonchev–Trinajstić information content (AvgIpc) is 2.42. The molecule has 4 N–H and O–H groups in total. The van der Waals surface area contributed by atoms with Crippen LogP contribution < -0.4 is 20.5 Å². The number of sulfonamides is 1. The third-order valence-electron chi connectivity index (χ3n) is 2.61. The Morgan fingerprint density at radius 1 is 1.41 bits per heavy atom. The Labute approximate surface area is 132 Å². The molecule has 124 valence electrons. The second kappa shape index (κ2) is 9.14. The van der Waals surface area contributed by atoms with Gasteiger partial charge in [0.05, 0.1) is 18.5 Å². The van der Waals surface area contributed by atoms with Crippen LogP contribution in [0.5, 0.6) is 5.75 Å². The minimum atomic E-state index is -3.29. The Morgan fingerprint density at radius 2 is 2.18 bits per heavy atom. The number of nitrogens with zero attached hydrogens (tertiary/aromatic N) is 1. The molecule has 7 nitrogen and oxygen atoms in total. The van der Waals surface area contributed by atoms with Crippen molar-refractivity contribution in [2.24, 2.45) is 10.7 Å². The molecule has 0 aliphatic rings. The fourth-order valence-corrected chi connectivity index (χ4v) is 2.18. The molecule has 0 aliphatic heterocycles. The van der Waals surface area contributed by atoms with E-state index in [1.165, 1.54) is 0 Å². The topological polar surface area (TPSA) is 106 Å². The molecule has 0 heterocycles. The van der Waals surface area contributed by atoms with Crippen LogP contribution in [0, 0.1) is 0 Å². The number of rotatable bonds is 9. The van der Waals surface area contributed by atoms with Crippen molar-refractivity contribution in [1.82, 2.24) is 5.32 Å². The molecule has 0 bridgehead atoms. The maximum atomic E-state index is 11.2. The number of hydrogen-bond acceptors (Lipinski definition) is 4. The van der Waals surface area contributed by atoms with E-state index in [9.17, 15) is 8.42 Å². The summed E-state index contributed by atoms with van der Waals surface area (Å²) in [6.45, 7) is 3.73. The molecule has 1 aromatic carbocycles. The Hall–Kier alpha value is -1.96. The SMILES string of the molecule is CCCCN=C(N)NCCOc1cccc(NS(C)(=O)=O)c1. The van der Waals surface area contributed by atoms with Gasteiger partial charge in [0, 0.05) is 12.6 Å². The van der Waals surface area contributed by atoms with Gasteiger partial charge in [-0.15, -0.1) is 0 Å². The highest BCUT2D eigenvalue weighted by Crippen LogP contribution is 2.17. The number of aliphatic imine (C=N–C) groups is 1. The van der Waals surface area contributed by atoms with Crippen molar-refractivity contribution in [1.29, 1.82) is 0 Å². The van der Waals surface area contributed by atoms with E-state index < -0.39 is 10.0 Å². The zero-order chi connectivity index (χ0) is 16.4. The van der Waals surface area contributed by atoms with Gasteiger partial charge in [-0.3, -0.25) is 9.71 Å². The van der Waals surface area contributed by atoms with Crippen molar-refractivity contribution in [3.05, 3.63) is 24.3 Å². The maximum absolute atomic E-state index is 11.2. The van der Waals surface area contributed by atoms with Crippen molar-refractivity contribution < 1.29 is 13.2 Å². The molecule has 0 radical (unpaired) electrons. The van der Waals surface area contributed by atoms with Gasteiger partial charge in [0.25, 0.3) is 0 Å². The average molecular weight is 328 g/mol. The molecule has 0 aromatic heterocycles. The van der Waals surface area contributed by atoms with Crippen molar-refractivity contribution in [3.8, 4) is 5.75 Å². The van der Waals surface area contributed by atoms with E-state index in [-0.39, 0.29) is 0 Å². The van der Waals surface area contributed by atoms with Crippen LogP contribution in [0.3, 0.4) is 0 Å². The molecule has 1 rings (SSSR count). The molecule has 0 saturated carbocycles. The summed E-state index contributed by atoms with van der Waals surface area (Å²) in [6.07, 6.45) is 3.20. The summed E-state index contributed by atoms with van der Waals surface area (Å²) in [5, 5.41) is 2.96. The molecular formula is C14H24N4O3S. The third-order valence-corrected chi connectivity index (χ3v) is 3.21. The second-order valence-electron chi connectivity index (χ2n) is 4.80. The summed E-state index contributed by atoms with van der Waals surface area (Å²) < 4.78 is 30.3. The molecule has 0 unspecified atom stereocenters. The summed E-state index contributed by atoms with van der Waals surface area (Å²) in [5.74, 6) is 0.987. The number of anilines is 1. The summed E-state index contributed by atoms with van der Waals surface area (Å²) in [4.78, 5) is 4.16. The van der Waals surface area contributed by atoms with Gasteiger partial charge in [-0.25, -0.2) is 8.42 Å². The predicted molar refractivity (Wildman–Crippen MR) is 89.8 cm³/mol. The molecule has 0 saturated heterocycles. The van der Waals surface area contributed by atoms with Gasteiger partial charge < -0.3 is 15.8 Å². The van der Waals surface area contributed by atoms with Crippen LogP contribution in [0.15, 0.2) is 29.3 Å². The lowest BCUT2D eigenvalue weighted by atomic mass is 10.3. The van der Waals surface area contributed by atoms with Gasteiger partial charge in [0.15, 0.2) is 5.96 Å². The molecular weight excluding hydrogens is 304 g/mol. The Bertz CT molecular complexity index is 588. The van der Waals surface area contributed by atoms with E-state index >= 15 is 0 Å². The van der Waals surface area contributed by atoms with E-state index in [4.69, 9.17) is 10.5 Å². The zero-order valence-corrected chi connectivity index (χ0v) is 13.8. The monoisotopic (exact) mass is 328 g/mol. The Balaban J connectivity index is 2.36. The minimum Gasteiger partial charge on any atom is -0.492 e. The molecule has 0 fully saturated rings. The zero-order valence-electron chi connectivity index (χ0n) is 13.0. The van der Waals surface area contributed by atoms with Gasteiger partial charge in [-0.05, 0) is 18.6 Å². The van der Waals surface area contributed by atoms with Gasteiger partial charge in [0.1, 0.15) is 12.4 Å². The number of nitrogens with one attached hydrogen (secondary N) is 2. The van der Waals surface area contributed by atoms with Crippen molar-refractivity contribution >= 4 is 21.7 Å². The highest BCUT2D eigenvalue weighted by molar-refractivity contribution is 7.92. The molecule has 0 spiro atoms. The largest absolute Gasteiger partial charge is 0.492 e. The second-order valence-corrected chi connectivity index (χ2v) is 6.55. The van der Waals surface area contributed by atoms with Crippen molar-refractivity contribution in [2.75, 3.05) is 30.7 Å². The minimum absolute atomic E-state index is 0.395. The number of nitrogens with two attached hydrogens (primary N) is 1. The standard InChI is InChI=1S/C14H24N4O3S/c1-3-4-8-16-14(15)17-9-10-21-13-7-5-6-12(11-13)18-22(2,19)20/h5-7,11,18H,3-4,8-10H2,1-2H3,(H3,15,16,17). The Kier molecular flexibility index (Phi) is 7.51. The van der Waals surface area contributed by atoms with Crippen LogP contribution >= 0.6 is 0 Å². The van der Waals surface area contributed by atoms with Gasteiger partial charge in [-0.1, -0.05) is 19.4 Å². The molecule has 8 heteroatoms. The summed E-state index contributed by atoms with van der Waals surface area (Å²) in [5.41, 5.74) is 6.16. The summed E-state index contributed by atoms with van der Waals surface area (Å²) in [6, 6.07) is 6.76. The lowest BCUT2D eigenvalue weighted by molar-refractivity contribution is 0.322. The normalized spacial score (nSPS) is 12.0. The predicted octanol–water partition coefficient (Wildman–Crippen LogP) is 1.14. The molecule has 0 atom stereocenters. The highest BCUT2D eigenvalue weighted by atomic mass is 32.2. The number of ether oxygens (including phenoxy) is 1. The highest BCUT2D eigenvalue weighted by Gasteiger charge is 2.03. The van der Waals surface area contributed by atoms with Crippen molar-refractivity contribution in [3.63, 3.8) is 0 Å². The first-order chi connectivity index (χ1) is 10.4. The first-order valence-electron chi connectivity index (χ1n) is 7.15. The molecule has 22 heavy (non-hydrogen) atoms. The quantitative estimate of drug-likeness (QED) is 0.358. The van der Waals surface area contributed by atoms with E-state index in [0.29, 0.717) is 30.5 Å². The van der Waals surface area contributed by atoms with Crippen molar-refractivity contribution in [2.45, 2.75) is 19.8 Å². The first kappa shape index (κ1) is 18.1. The Morgan fingerprint density at radius 3 is 2.86 bits per heavy atom. The third kappa shape index (κ3) is 8.35. The van der Waals surface area contributed by atoms with Gasteiger partial charge in [0.2, 0.25) is 10.0 Å². The molecule has 0 aliphatic carbocycles. The van der Waals surface area contributed by atoms with E-state index in [1.807, 2.05) is 0 Å². The first-order valence-corrected chi connectivity index (χ1v) is 9.04. The van der Waals surface area contributed by atoms with Crippen LogP contribution in [0.4, 0.5) is 5.69 Å². The molecule has 1 aromatic rings. The van der Waals surface area contributed by atoms with Crippen LogP contribution in [-0.2, 0) is 10.0 Å². The van der Waals surface area contributed by atoms with Gasteiger partial charge >= 0.3 is 0 Å². The fraction of sp³-hybridized carbons (Fsp3) is 0.500. The van der Waals surface area contributed by atoms with Crippen LogP contribution in [0.2, 0.25) is 0 Å². The van der Waals surface area contributed by atoms with Crippen LogP contribution in [-0.4, -0.2) is 40.3 Å². The number of unbranched alkanes of at least 4 members (excludes halogenated alkanes) is 1. The maximum Gasteiger partial charge on any atom is 0.229 e. The summed E-state index contributed by atoms with van der Waals surface area (Å²) >= 11 is 0. The number of guanidine groups is 1. The number of benzene rings is 1. The smallest absolute Gasteiger partial charge is 0.229 e. The number of hydrogen-bond donors (Lipinski definition) is 3. The van der Waals surface area contributed by atoms with E-state index in [1.54, 1.807) is 24.3 Å². The van der Waals surface area contributed by atoms with E-state index in [2.05, 4.69) is 22.0 Å². The van der Waals surface area contributed by atoms with E-state index in [0.717, 1.165) is 25.6 Å². The summed E-state index contributed by atoms with van der Waals surface area (Å²) in [7, 11) is -3.29. The van der Waals surface area contributed by atoms with Crippen LogP contribution in [0.1, 0.15) is 19.8 Å².